The molecule has 0 aromatic heterocycles. The van der Waals surface area contributed by atoms with Crippen LogP contribution in [0.1, 0.15) is 31.2 Å². The van der Waals surface area contributed by atoms with E-state index >= 15 is 0 Å². The number of nitrogens with zero attached hydrogens (tertiary/aromatic N) is 2. The highest BCUT2D eigenvalue weighted by atomic mass is 32.2. The number of likely N-dealkylation sites (tertiary alicyclic amines) is 1. The van der Waals surface area contributed by atoms with Crippen LogP contribution >= 0.6 is 0 Å². The Morgan fingerprint density at radius 1 is 1.16 bits per heavy atom. The summed E-state index contributed by atoms with van der Waals surface area (Å²) in [6, 6.07) is 15.1. The molecule has 1 amide bonds. The lowest BCUT2D eigenvalue weighted by Gasteiger charge is -2.32. The lowest BCUT2D eigenvalue weighted by Crippen LogP contribution is -2.46. The molecular formula is C23H27N3O5S. The smallest absolute Gasteiger partial charge is 0.240 e. The molecule has 1 N–H and O–H groups in total. The second-order valence-corrected chi connectivity index (χ2v) is 9.23. The molecule has 9 heteroatoms. The summed E-state index contributed by atoms with van der Waals surface area (Å²) >= 11 is 0. The molecule has 1 fully saturated rings. The Kier molecular flexibility index (Phi) is 8.09. The third-order valence-electron chi connectivity index (χ3n) is 5.31. The van der Waals surface area contributed by atoms with E-state index < -0.39 is 10.0 Å². The molecule has 2 aromatic carbocycles. The minimum absolute atomic E-state index is 0.0322. The summed E-state index contributed by atoms with van der Waals surface area (Å²) in [5.74, 6) is 1.05. The van der Waals surface area contributed by atoms with Crippen LogP contribution in [0, 0.1) is 11.3 Å². The van der Waals surface area contributed by atoms with Gasteiger partial charge >= 0.3 is 0 Å². The first-order chi connectivity index (χ1) is 15.4. The van der Waals surface area contributed by atoms with Crippen LogP contribution < -0.4 is 14.2 Å². The maximum Gasteiger partial charge on any atom is 0.240 e. The van der Waals surface area contributed by atoms with Gasteiger partial charge in [-0.3, -0.25) is 4.79 Å². The summed E-state index contributed by atoms with van der Waals surface area (Å²) in [5, 5.41) is 8.95. The van der Waals surface area contributed by atoms with Crippen molar-refractivity contribution in [2.45, 2.75) is 36.6 Å². The second kappa shape index (κ2) is 11.0. The van der Waals surface area contributed by atoms with Crippen molar-refractivity contribution in [2.24, 2.45) is 0 Å². The quantitative estimate of drug-likeness (QED) is 0.580. The maximum absolute atomic E-state index is 12.5. The molecule has 1 aliphatic rings. The van der Waals surface area contributed by atoms with Crippen molar-refractivity contribution in [1.82, 2.24) is 9.62 Å². The Balaban J connectivity index is 1.40. The molecule has 0 radical (unpaired) electrons. The average Bonchev–Trinajstić information content (AvgIpc) is 2.82. The molecule has 0 spiro atoms. The normalized spacial score (nSPS) is 14.6. The Morgan fingerprint density at radius 3 is 2.53 bits per heavy atom. The van der Waals surface area contributed by atoms with Crippen molar-refractivity contribution >= 4 is 15.9 Å². The van der Waals surface area contributed by atoms with Gasteiger partial charge in [-0.1, -0.05) is 18.2 Å². The van der Waals surface area contributed by atoms with Gasteiger partial charge in [0.05, 0.1) is 30.2 Å². The molecular weight excluding hydrogens is 430 g/mol. The molecule has 0 bridgehead atoms. The topological polar surface area (TPSA) is 109 Å². The number of nitriles is 1. The number of hydrogen-bond acceptors (Lipinski definition) is 6. The van der Waals surface area contributed by atoms with E-state index in [2.05, 4.69) is 4.72 Å². The number of rotatable bonds is 9. The Labute approximate surface area is 188 Å². The van der Waals surface area contributed by atoms with E-state index in [1.165, 1.54) is 7.11 Å². The molecule has 0 aliphatic carbocycles. The van der Waals surface area contributed by atoms with E-state index in [1.807, 2.05) is 6.07 Å². The van der Waals surface area contributed by atoms with Crippen LogP contribution in [0.3, 0.4) is 0 Å². The summed E-state index contributed by atoms with van der Waals surface area (Å²) in [6.45, 7) is 1.39. The highest BCUT2D eigenvalue weighted by molar-refractivity contribution is 7.89. The summed E-state index contributed by atoms with van der Waals surface area (Å²) in [7, 11) is -2.04. The molecule has 170 valence electrons. The fourth-order valence-corrected chi connectivity index (χ4v) is 4.88. The van der Waals surface area contributed by atoms with Gasteiger partial charge in [-0.15, -0.1) is 0 Å². The predicted molar refractivity (Wildman–Crippen MR) is 119 cm³/mol. The number of nitrogens with one attached hydrogen (secondary N) is 1. The lowest BCUT2D eigenvalue weighted by atomic mass is 10.1. The second-order valence-electron chi connectivity index (χ2n) is 7.52. The van der Waals surface area contributed by atoms with Gasteiger partial charge in [0.25, 0.3) is 0 Å². The minimum atomic E-state index is -3.55. The van der Waals surface area contributed by atoms with E-state index in [-0.39, 0.29) is 16.8 Å². The first-order valence-electron chi connectivity index (χ1n) is 10.5. The molecule has 2 aromatic rings. The van der Waals surface area contributed by atoms with Gasteiger partial charge in [-0.25, -0.2) is 13.1 Å². The average molecular weight is 458 g/mol. The number of benzene rings is 2. The fourth-order valence-electron chi connectivity index (χ4n) is 3.55. The van der Waals surface area contributed by atoms with Crippen LogP contribution in [0.4, 0.5) is 0 Å². The number of carbonyl (C=O) groups excluding carboxylic acids is 1. The number of sulfonamides is 1. The molecule has 1 heterocycles. The monoisotopic (exact) mass is 457 g/mol. The largest absolute Gasteiger partial charge is 0.493 e. The molecule has 0 saturated carbocycles. The SMILES string of the molecule is COc1cc(C#N)ccc1OCCCC(=O)N1CCC(NS(=O)(=O)c2ccccc2)CC1. The highest BCUT2D eigenvalue weighted by Crippen LogP contribution is 2.28. The first-order valence-corrected chi connectivity index (χ1v) is 12.0. The summed E-state index contributed by atoms with van der Waals surface area (Å²) < 4.78 is 38.6. The van der Waals surface area contributed by atoms with E-state index in [0.29, 0.717) is 62.4 Å². The van der Waals surface area contributed by atoms with Crippen molar-refractivity contribution < 1.29 is 22.7 Å². The first kappa shape index (κ1) is 23.6. The summed E-state index contributed by atoms with van der Waals surface area (Å²) in [4.78, 5) is 14.5. The Hall–Kier alpha value is -3.09. The number of amides is 1. The maximum atomic E-state index is 12.5. The van der Waals surface area contributed by atoms with E-state index in [9.17, 15) is 13.2 Å². The number of carbonyl (C=O) groups is 1. The van der Waals surface area contributed by atoms with Gasteiger partial charge in [-0.05, 0) is 43.5 Å². The van der Waals surface area contributed by atoms with Crippen LogP contribution in [0.15, 0.2) is 53.4 Å². The Bertz CT molecular complexity index is 1060. The van der Waals surface area contributed by atoms with Gasteiger partial charge in [0.1, 0.15) is 0 Å². The molecule has 1 aliphatic heterocycles. The third kappa shape index (κ3) is 6.22. The molecule has 1 saturated heterocycles. The number of piperidine rings is 1. The number of ether oxygens (including phenoxy) is 2. The van der Waals surface area contributed by atoms with Crippen molar-refractivity contribution in [3.8, 4) is 17.6 Å². The standard InChI is InChI=1S/C23H27N3O5S/c1-30-22-16-18(17-24)9-10-21(22)31-15-5-8-23(27)26-13-11-19(12-14-26)25-32(28,29)20-6-3-2-4-7-20/h2-4,6-7,9-10,16,19,25H,5,8,11-15H2,1H3. The predicted octanol–water partition coefficient (Wildman–Crippen LogP) is 2.70. The zero-order valence-corrected chi connectivity index (χ0v) is 18.8. The third-order valence-corrected chi connectivity index (χ3v) is 6.84. The number of methoxy groups -OCH3 is 1. The molecule has 32 heavy (non-hydrogen) atoms. The van der Waals surface area contributed by atoms with Crippen molar-refractivity contribution in [2.75, 3.05) is 26.8 Å². The zero-order valence-electron chi connectivity index (χ0n) is 18.0. The van der Waals surface area contributed by atoms with Crippen molar-refractivity contribution in [3.63, 3.8) is 0 Å². The zero-order chi connectivity index (χ0) is 23.0. The van der Waals surface area contributed by atoms with Crippen LogP contribution in [-0.4, -0.2) is 52.1 Å². The lowest BCUT2D eigenvalue weighted by molar-refractivity contribution is -0.132. The number of hydrogen-bond donors (Lipinski definition) is 1. The van der Waals surface area contributed by atoms with Gasteiger partial charge in [0, 0.05) is 31.6 Å². The van der Waals surface area contributed by atoms with Crippen molar-refractivity contribution in [1.29, 1.82) is 5.26 Å². The Morgan fingerprint density at radius 2 is 1.88 bits per heavy atom. The van der Waals surface area contributed by atoms with Gasteiger partial charge in [-0.2, -0.15) is 5.26 Å². The minimum Gasteiger partial charge on any atom is -0.493 e. The van der Waals surface area contributed by atoms with Crippen LogP contribution in [0.25, 0.3) is 0 Å². The van der Waals surface area contributed by atoms with Crippen molar-refractivity contribution in [3.05, 3.63) is 54.1 Å². The molecule has 0 unspecified atom stereocenters. The highest BCUT2D eigenvalue weighted by Gasteiger charge is 2.26. The summed E-state index contributed by atoms with van der Waals surface area (Å²) in [5.41, 5.74) is 0.485. The van der Waals surface area contributed by atoms with Crippen LogP contribution in [0.2, 0.25) is 0 Å². The van der Waals surface area contributed by atoms with E-state index in [4.69, 9.17) is 14.7 Å². The summed E-state index contributed by atoms with van der Waals surface area (Å²) in [6.07, 6.45) is 2.05. The van der Waals surface area contributed by atoms with E-state index in [1.54, 1.807) is 53.4 Å². The molecule has 0 atom stereocenters. The van der Waals surface area contributed by atoms with Gasteiger partial charge < -0.3 is 14.4 Å². The van der Waals surface area contributed by atoms with E-state index in [0.717, 1.165) is 0 Å². The van der Waals surface area contributed by atoms with Gasteiger partial charge in [0.15, 0.2) is 11.5 Å². The molecule has 3 rings (SSSR count). The van der Waals surface area contributed by atoms with Crippen LogP contribution in [-0.2, 0) is 14.8 Å². The van der Waals surface area contributed by atoms with Crippen LogP contribution in [0.5, 0.6) is 11.5 Å². The van der Waals surface area contributed by atoms with Gasteiger partial charge in [0.2, 0.25) is 15.9 Å². The fraction of sp³-hybridized carbons (Fsp3) is 0.391. The molecule has 8 nitrogen and oxygen atoms in total.